The highest BCUT2D eigenvalue weighted by molar-refractivity contribution is 7.99. The molecule has 4 aromatic rings. The molecule has 0 amide bonds. The molecule has 0 aliphatic carbocycles. The Morgan fingerprint density at radius 1 is 0.872 bits per heavy atom. The molecule has 0 aromatic heterocycles. The molecule has 10 heteroatoms. The Kier molecular flexibility index (Phi) is 11.4. The molecular weight excluding hydrogens is 627 g/mol. The number of nitrogens with zero attached hydrogens (tertiary/aromatic N) is 5. The van der Waals surface area contributed by atoms with Gasteiger partial charge in [0, 0.05) is 65.2 Å². The molecule has 1 aliphatic heterocycles. The van der Waals surface area contributed by atoms with Crippen molar-refractivity contribution in [2.24, 2.45) is 10.5 Å². The van der Waals surface area contributed by atoms with Crippen LogP contribution in [0.25, 0.3) is 10.4 Å². The minimum absolute atomic E-state index is 0.141. The van der Waals surface area contributed by atoms with Crippen LogP contribution in [-0.2, 0) is 22.9 Å². The van der Waals surface area contributed by atoms with E-state index in [2.05, 4.69) is 45.8 Å². The van der Waals surface area contributed by atoms with Gasteiger partial charge in [0.1, 0.15) is 5.75 Å². The number of hydrogen-bond donors (Lipinski definition) is 0. The molecule has 5 rings (SSSR count). The van der Waals surface area contributed by atoms with Gasteiger partial charge in [-0.1, -0.05) is 73.6 Å². The zero-order chi connectivity index (χ0) is 33.3. The topological polar surface area (TPSA) is 106 Å². The highest BCUT2D eigenvalue weighted by Gasteiger charge is 2.26. The Morgan fingerprint density at radius 3 is 2.06 bits per heavy atom. The number of carbonyl (C=O) groups is 1. The first-order valence-electron chi connectivity index (χ1n) is 15.8. The van der Waals surface area contributed by atoms with Crippen molar-refractivity contribution in [2.75, 3.05) is 36.0 Å². The summed E-state index contributed by atoms with van der Waals surface area (Å²) in [5.41, 5.74) is 13.1. The number of rotatable bonds is 14. The van der Waals surface area contributed by atoms with Crippen LogP contribution in [0.3, 0.4) is 0 Å². The fraction of sp³-hybridized carbons (Fsp3) is 0.324. The normalized spacial score (nSPS) is 14.5. The van der Waals surface area contributed by atoms with Gasteiger partial charge < -0.3 is 4.90 Å². The highest BCUT2D eigenvalue weighted by atomic mass is 32.2. The minimum atomic E-state index is -3.81. The van der Waals surface area contributed by atoms with Gasteiger partial charge in [0.25, 0.3) is 0 Å². The summed E-state index contributed by atoms with van der Waals surface area (Å²) in [6.07, 6.45) is 2.23. The summed E-state index contributed by atoms with van der Waals surface area (Å²) in [6.45, 7) is 8.63. The Hall–Kier alpha value is -4.08. The molecule has 0 unspecified atom stereocenters. The van der Waals surface area contributed by atoms with Gasteiger partial charge in [0.15, 0.2) is 15.6 Å². The molecule has 47 heavy (non-hydrogen) atoms. The van der Waals surface area contributed by atoms with E-state index in [0.717, 1.165) is 55.0 Å². The van der Waals surface area contributed by atoms with E-state index in [0.29, 0.717) is 29.8 Å². The molecule has 1 aliphatic rings. The molecule has 8 nitrogen and oxygen atoms in total. The van der Waals surface area contributed by atoms with Gasteiger partial charge in [0.2, 0.25) is 0 Å². The molecule has 1 fully saturated rings. The smallest absolute Gasteiger partial charge is 0.185 e. The molecule has 4 aromatic carbocycles. The van der Waals surface area contributed by atoms with E-state index >= 15 is 0 Å². The Balaban J connectivity index is 1.21. The number of azide groups is 1. The van der Waals surface area contributed by atoms with Gasteiger partial charge in [-0.3, -0.25) is 9.69 Å². The molecular formula is C37H41N5O3S2. The van der Waals surface area contributed by atoms with E-state index in [4.69, 9.17) is 5.53 Å². The SMILES string of the molecule is CC1(C)CCN(c2ccc(C(=O)CS(=O)(=O)c3ccc(CN(CCSc4ccccc4)Cc4ccc(N=[N+]=[N-])cc4)cc3)cc2)CC1. The summed E-state index contributed by atoms with van der Waals surface area (Å²) in [4.78, 5) is 21.9. The zero-order valence-corrected chi connectivity index (χ0v) is 28.6. The van der Waals surface area contributed by atoms with Crippen LogP contribution in [0.5, 0.6) is 0 Å². The van der Waals surface area contributed by atoms with E-state index in [1.54, 1.807) is 48.2 Å². The van der Waals surface area contributed by atoms with Crippen molar-refractivity contribution in [1.29, 1.82) is 0 Å². The van der Waals surface area contributed by atoms with Crippen LogP contribution in [0.15, 0.2) is 118 Å². The molecule has 0 bridgehead atoms. The van der Waals surface area contributed by atoms with Gasteiger partial charge in [-0.25, -0.2) is 8.42 Å². The second-order valence-corrected chi connectivity index (χ2v) is 15.9. The second kappa shape index (κ2) is 15.7. The third kappa shape index (κ3) is 9.95. The lowest BCUT2D eigenvalue weighted by Gasteiger charge is -2.38. The van der Waals surface area contributed by atoms with Crippen LogP contribution in [0.4, 0.5) is 11.4 Å². The minimum Gasteiger partial charge on any atom is -0.371 e. The van der Waals surface area contributed by atoms with E-state index in [9.17, 15) is 13.2 Å². The molecule has 1 saturated heterocycles. The molecule has 0 atom stereocenters. The van der Waals surface area contributed by atoms with E-state index in [-0.39, 0.29) is 4.90 Å². The maximum atomic E-state index is 13.2. The summed E-state index contributed by atoms with van der Waals surface area (Å²) >= 11 is 1.79. The largest absolute Gasteiger partial charge is 0.371 e. The van der Waals surface area contributed by atoms with Crippen molar-refractivity contribution in [2.45, 2.75) is 49.6 Å². The van der Waals surface area contributed by atoms with E-state index in [1.807, 2.05) is 54.6 Å². The van der Waals surface area contributed by atoms with Crippen molar-refractivity contribution in [3.8, 4) is 0 Å². The summed E-state index contributed by atoms with van der Waals surface area (Å²) in [7, 11) is -3.81. The van der Waals surface area contributed by atoms with Gasteiger partial charge in [-0.05, 0) is 83.4 Å². The van der Waals surface area contributed by atoms with Crippen molar-refractivity contribution in [3.63, 3.8) is 0 Å². The molecule has 244 valence electrons. The zero-order valence-electron chi connectivity index (χ0n) is 27.0. The number of carbonyl (C=O) groups excluding carboxylic acids is 1. The first-order valence-corrected chi connectivity index (χ1v) is 18.5. The quantitative estimate of drug-likeness (QED) is 0.0438. The van der Waals surface area contributed by atoms with Gasteiger partial charge in [0.05, 0.1) is 4.90 Å². The maximum Gasteiger partial charge on any atom is 0.185 e. The lowest BCUT2D eigenvalue weighted by molar-refractivity contribution is 0.102. The van der Waals surface area contributed by atoms with Crippen LogP contribution in [-0.4, -0.2) is 50.2 Å². The molecule has 0 saturated carbocycles. The number of ketones is 1. The molecule has 0 spiro atoms. The average Bonchev–Trinajstić information content (AvgIpc) is 3.06. The Labute approximate surface area is 282 Å². The maximum absolute atomic E-state index is 13.2. The van der Waals surface area contributed by atoms with Crippen LogP contribution >= 0.6 is 11.8 Å². The number of anilines is 1. The van der Waals surface area contributed by atoms with E-state index < -0.39 is 21.4 Å². The monoisotopic (exact) mass is 667 g/mol. The van der Waals surface area contributed by atoms with Crippen molar-refractivity contribution in [3.05, 3.63) is 130 Å². The summed E-state index contributed by atoms with van der Waals surface area (Å²) in [5.74, 6) is -0.0980. The highest BCUT2D eigenvalue weighted by Crippen LogP contribution is 2.32. The Morgan fingerprint density at radius 2 is 1.47 bits per heavy atom. The first-order chi connectivity index (χ1) is 22.6. The van der Waals surface area contributed by atoms with Crippen LogP contribution in [0, 0.1) is 5.41 Å². The van der Waals surface area contributed by atoms with Crippen LogP contribution < -0.4 is 4.90 Å². The van der Waals surface area contributed by atoms with Gasteiger partial charge in [-0.15, -0.1) is 11.8 Å². The number of benzene rings is 4. The summed E-state index contributed by atoms with van der Waals surface area (Å²) < 4.78 is 26.5. The van der Waals surface area contributed by atoms with Crippen molar-refractivity contribution in [1.82, 2.24) is 4.90 Å². The average molecular weight is 668 g/mol. The number of piperidine rings is 1. The molecule has 0 N–H and O–H groups in total. The fourth-order valence-electron chi connectivity index (χ4n) is 5.63. The lowest BCUT2D eigenvalue weighted by atomic mass is 9.82. The third-order valence-corrected chi connectivity index (χ3v) is 11.2. The first kappa shape index (κ1) is 34.3. The fourth-order valence-corrected chi connectivity index (χ4v) is 7.79. The van der Waals surface area contributed by atoms with Gasteiger partial charge in [-0.2, -0.15) is 0 Å². The summed E-state index contributed by atoms with van der Waals surface area (Å²) in [6, 6.07) is 32.0. The number of sulfone groups is 1. The predicted molar refractivity (Wildman–Crippen MR) is 191 cm³/mol. The number of Topliss-reactive ketones (excluding diaryl/α,β-unsaturated/α-hetero) is 1. The number of thioether (sulfide) groups is 1. The molecule has 0 radical (unpaired) electrons. The summed E-state index contributed by atoms with van der Waals surface area (Å²) in [5, 5.41) is 3.66. The Bertz CT molecular complexity index is 1780. The van der Waals surface area contributed by atoms with Crippen LogP contribution in [0.1, 0.15) is 48.2 Å². The standard InChI is InChI=1S/C37H41N5O3S2/c1-37(2)20-22-42(23-21-37)33-16-12-31(13-17-33)36(43)28-47(44,45)35-18-10-30(11-19-35)27-41(24-25-46-34-6-4-3-5-7-34)26-29-8-14-32(15-9-29)39-40-38/h3-19H,20-28H2,1-2H3. The third-order valence-electron chi connectivity index (χ3n) is 8.60. The second-order valence-electron chi connectivity index (χ2n) is 12.8. The van der Waals surface area contributed by atoms with Crippen molar-refractivity contribution < 1.29 is 13.2 Å². The van der Waals surface area contributed by atoms with Crippen molar-refractivity contribution >= 4 is 38.8 Å². The van der Waals surface area contributed by atoms with Gasteiger partial charge >= 0.3 is 0 Å². The number of hydrogen-bond acceptors (Lipinski definition) is 7. The van der Waals surface area contributed by atoms with E-state index in [1.165, 1.54) is 4.90 Å². The van der Waals surface area contributed by atoms with Crippen LogP contribution in [0.2, 0.25) is 0 Å². The molecule has 1 heterocycles. The predicted octanol–water partition coefficient (Wildman–Crippen LogP) is 8.71. The lowest BCUT2D eigenvalue weighted by Crippen LogP contribution is -2.37.